The number of esters is 1. The van der Waals surface area contributed by atoms with Crippen LogP contribution in [0.15, 0.2) is 24.3 Å². The van der Waals surface area contributed by atoms with E-state index in [0.717, 1.165) is 25.1 Å². The quantitative estimate of drug-likeness (QED) is 0.561. The Bertz CT molecular complexity index is 336. The second-order valence-electron chi connectivity index (χ2n) is 3.78. The highest BCUT2D eigenvalue weighted by molar-refractivity contribution is 5.89. The van der Waals surface area contributed by atoms with E-state index in [9.17, 15) is 4.79 Å². The summed E-state index contributed by atoms with van der Waals surface area (Å²) in [6, 6.07) is 7.28. The Labute approximate surface area is 102 Å². The third-order valence-electron chi connectivity index (χ3n) is 2.27. The molecular weight excluding hydrogens is 216 g/mol. The second kappa shape index (κ2) is 7.68. The van der Waals surface area contributed by atoms with Crippen LogP contribution in [0.5, 0.6) is 0 Å². The number of nitrogens with one attached hydrogen (secondary N) is 1. The van der Waals surface area contributed by atoms with Crippen LogP contribution in [0.3, 0.4) is 0 Å². The zero-order valence-corrected chi connectivity index (χ0v) is 10.2. The number of benzene rings is 1. The van der Waals surface area contributed by atoms with Crippen LogP contribution in [0.2, 0.25) is 0 Å². The molecule has 3 N–H and O–H groups in total. The maximum Gasteiger partial charge on any atom is 0.338 e. The van der Waals surface area contributed by atoms with Crippen molar-refractivity contribution in [1.29, 1.82) is 0 Å². The first-order valence-electron chi connectivity index (χ1n) is 5.99. The Kier molecular flexibility index (Phi) is 6.10. The lowest BCUT2D eigenvalue weighted by Gasteiger charge is -2.06. The van der Waals surface area contributed by atoms with Crippen molar-refractivity contribution in [3.05, 3.63) is 29.8 Å². The van der Waals surface area contributed by atoms with Gasteiger partial charge < -0.3 is 15.8 Å². The maximum atomic E-state index is 11.5. The van der Waals surface area contributed by atoms with Crippen LogP contribution in [-0.2, 0) is 4.74 Å². The van der Waals surface area contributed by atoms with Gasteiger partial charge in [0.1, 0.15) is 0 Å². The van der Waals surface area contributed by atoms with E-state index in [1.54, 1.807) is 12.1 Å². The molecular formula is C13H20N2O2. The summed E-state index contributed by atoms with van der Waals surface area (Å²) >= 11 is 0. The maximum absolute atomic E-state index is 11.5. The van der Waals surface area contributed by atoms with E-state index >= 15 is 0 Å². The van der Waals surface area contributed by atoms with Crippen LogP contribution in [0.4, 0.5) is 5.69 Å². The minimum absolute atomic E-state index is 0.264. The second-order valence-corrected chi connectivity index (χ2v) is 3.78. The molecule has 1 aromatic carbocycles. The zero-order chi connectivity index (χ0) is 12.5. The van der Waals surface area contributed by atoms with Crippen molar-refractivity contribution < 1.29 is 9.53 Å². The number of carbonyl (C=O) groups excluding carboxylic acids is 1. The van der Waals surface area contributed by atoms with E-state index in [2.05, 4.69) is 5.32 Å². The van der Waals surface area contributed by atoms with E-state index in [1.165, 1.54) is 0 Å². The summed E-state index contributed by atoms with van der Waals surface area (Å²) in [5.74, 6) is -0.264. The average molecular weight is 236 g/mol. The number of hydrogen-bond donors (Lipinski definition) is 2. The summed E-state index contributed by atoms with van der Waals surface area (Å²) in [5.41, 5.74) is 6.98. The molecule has 0 amide bonds. The Morgan fingerprint density at radius 3 is 2.65 bits per heavy atom. The van der Waals surface area contributed by atoms with Crippen molar-refractivity contribution in [2.75, 3.05) is 25.0 Å². The van der Waals surface area contributed by atoms with Crippen molar-refractivity contribution in [1.82, 2.24) is 0 Å². The standard InChI is InChI=1S/C13H20N2O2/c1-2-10-17-13(16)11-4-6-12(7-5-11)15-9-3-8-14/h4-7,15H,2-3,8-10,14H2,1H3. The molecule has 0 aliphatic carbocycles. The van der Waals surface area contributed by atoms with Crippen LogP contribution in [-0.4, -0.2) is 25.7 Å². The fraction of sp³-hybridized carbons (Fsp3) is 0.462. The third-order valence-corrected chi connectivity index (χ3v) is 2.27. The largest absolute Gasteiger partial charge is 0.462 e. The summed E-state index contributed by atoms with van der Waals surface area (Å²) in [6.45, 7) is 3.96. The smallest absolute Gasteiger partial charge is 0.338 e. The summed E-state index contributed by atoms with van der Waals surface area (Å²) in [6.07, 6.45) is 1.77. The SMILES string of the molecule is CCCOC(=O)c1ccc(NCCCN)cc1. The van der Waals surface area contributed by atoms with Crippen molar-refractivity contribution in [3.8, 4) is 0 Å². The van der Waals surface area contributed by atoms with Gasteiger partial charge in [-0.25, -0.2) is 4.79 Å². The fourth-order valence-electron chi connectivity index (χ4n) is 1.34. The number of carbonyl (C=O) groups is 1. The van der Waals surface area contributed by atoms with Gasteiger partial charge >= 0.3 is 5.97 Å². The molecule has 0 aromatic heterocycles. The highest BCUT2D eigenvalue weighted by Crippen LogP contribution is 2.10. The van der Waals surface area contributed by atoms with Crippen molar-refractivity contribution in [3.63, 3.8) is 0 Å². The molecule has 0 radical (unpaired) electrons. The van der Waals surface area contributed by atoms with Crippen LogP contribution in [0.1, 0.15) is 30.1 Å². The molecule has 0 unspecified atom stereocenters. The lowest BCUT2D eigenvalue weighted by Crippen LogP contribution is -2.09. The van der Waals surface area contributed by atoms with Gasteiger partial charge in [0.2, 0.25) is 0 Å². The number of hydrogen-bond acceptors (Lipinski definition) is 4. The molecule has 17 heavy (non-hydrogen) atoms. The molecule has 4 heteroatoms. The van der Waals surface area contributed by atoms with Gasteiger partial charge in [0.15, 0.2) is 0 Å². The van der Waals surface area contributed by atoms with E-state index in [0.29, 0.717) is 18.7 Å². The number of rotatable bonds is 7. The van der Waals surface area contributed by atoms with Gasteiger partial charge in [0.05, 0.1) is 12.2 Å². The highest BCUT2D eigenvalue weighted by atomic mass is 16.5. The molecule has 0 spiro atoms. The van der Waals surface area contributed by atoms with Crippen LogP contribution in [0, 0.1) is 0 Å². The predicted molar refractivity (Wildman–Crippen MR) is 69.2 cm³/mol. The first kappa shape index (κ1) is 13.5. The van der Waals surface area contributed by atoms with Gasteiger partial charge in [-0.1, -0.05) is 6.92 Å². The molecule has 0 saturated carbocycles. The van der Waals surface area contributed by atoms with E-state index < -0.39 is 0 Å². The van der Waals surface area contributed by atoms with Crippen molar-refractivity contribution in [2.45, 2.75) is 19.8 Å². The highest BCUT2D eigenvalue weighted by Gasteiger charge is 2.05. The topological polar surface area (TPSA) is 64.3 Å². The summed E-state index contributed by atoms with van der Waals surface area (Å²) < 4.78 is 5.04. The molecule has 0 aliphatic rings. The molecule has 0 saturated heterocycles. The molecule has 4 nitrogen and oxygen atoms in total. The van der Waals surface area contributed by atoms with Gasteiger partial charge in [-0.05, 0) is 43.7 Å². The number of anilines is 1. The Hall–Kier alpha value is -1.55. The predicted octanol–water partition coefficient (Wildman–Crippen LogP) is 2.01. The van der Waals surface area contributed by atoms with E-state index in [1.807, 2.05) is 19.1 Å². The van der Waals surface area contributed by atoms with Gasteiger partial charge in [-0.15, -0.1) is 0 Å². The summed E-state index contributed by atoms with van der Waals surface area (Å²) in [7, 11) is 0. The number of nitrogens with two attached hydrogens (primary N) is 1. The Balaban J connectivity index is 2.46. The molecule has 1 rings (SSSR count). The molecule has 0 atom stereocenters. The van der Waals surface area contributed by atoms with Crippen LogP contribution < -0.4 is 11.1 Å². The van der Waals surface area contributed by atoms with Gasteiger partial charge in [-0.2, -0.15) is 0 Å². The molecule has 0 bridgehead atoms. The van der Waals surface area contributed by atoms with Crippen LogP contribution in [0.25, 0.3) is 0 Å². The van der Waals surface area contributed by atoms with E-state index in [4.69, 9.17) is 10.5 Å². The van der Waals surface area contributed by atoms with E-state index in [-0.39, 0.29) is 5.97 Å². The van der Waals surface area contributed by atoms with Gasteiger partial charge in [0, 0.05) is 12.2 Å². The summed E-state index contributed by atoms with van der Waals surface area (Å²) in [5, 5.41) is 3.22. The monoisotopic (exact) mass is 236 g/mol. The molecule has 0 heterocycles. The zero-order valence-electron chi connectivity index (χ0n) is 10.2. The van der Waals surface area contributed by atoms with Gasteiger partial charge in [-0.3, -0.25) is 0 Å². The average Bonchev–Trinajstić information content (AvgIpc) is 2.37. The van der Waals surface area contributed by atoms with Crippen molar-refractivity contribution >= 4 is 11.7 Å². The first-order chi connectivity index (χ1) is 8.27. The Morgan fingerprint density at radius 2 is 2.06 bits per heavy atom. The van der Waals surface area contributed by atoms with Gasteiger partial charge in [0.25, 0.3) is 0 Å². The molecule has 0 fully saturated rings. The first-order valence-corrected chi connectivity index (χ1v) is 5.99. The minimum Gasteiger partial charge on any atom is -0.462 e. The Morgan fingerprint density at radius 1 is 1.35 bits per heavy atom. The third kappa shape index (κ3) is 4.87. The van der Waals surface area contributed by atoms with Crippen molar-refractivity contribution in [2.24, 2.45) is 5.73 Å². The summed E-state index contributed by atoms with van der Waals surface area (Å²) in [4.78, 5) is 11.5. The molecule has 1 aromatic rings. The van der Waals surface area contributed by atoms with Crippen LogP contribution >= 0.6 is 0 Å². The fourth-order valence-corrected chi connectivity index (χ4v) is 1.34. The lowest BCUT2D eigenvalue weighted by molar-refractivity contribution is 0.0505. The normalized spacial score (nSPS) is 10.0. The molecule has 0 aliphatic heterocycles. The molecule has 94 valence electrons. The minimum atomic E-state index is -0.264. The lowest BCUT2D eigenvalue weighted by atomic mass is 10.2. The number of ether oxygens (including phenoxy) is 1.